The van der Waals surface area contributed by atoms with E-state index in [-0.39, 0.29) is 34.8 Å². The van der Waals surface area contributed by atoms with Crippen molar-refractivity contribution in [2.45, 2.75) is 12.1 Å². The Hall–Kier alpha value is -2.32. The number of carbonyl (C=O) groups excluding carboxylic acids is 2. The molecule has 2 aromatic rings. The van der Waals surface area contributed by atoms with E-state index < -0.39 is 5.97 Å². The van der Waals surface area contributed by atoms with Crippen molar-refractivity contribution < 1.29 is 14.3 Å². The molecule has 0 aliphatic heterocycles. The second-order valence-corrected chi connectivity index (χ2v) is 5.84. The molecule has 0 saturated heterocycles. The average molecular weight is 367 g/mol. The van der Waals surface area contributed by atoms with E-state index in [0.29, 0.717) is 10.7 Å². The normalized spacial score (nSPS) is 10.2. The largest absolute Gasteiger partial charge is 0.462 e. The highest BCUT2D eigenvalue weighted by Gasteiger charge is 2.14. The van der Waals surface area contributed by atoms with Crippen molar-refractivity contribution in [1.82, 2.24) is 9.97 Å². The molecule has 0 bridgehead atoms. The first-order valence-corrected chi connectivity index (χ1v) is 8.34. The summed E-state index contributed by atoms with van der Waals surface area (Å²) in [6.45, 7) is 1.92. The first kappa shape index (κ1) is 18.0. The lowest BCUT2D eigenvalue weighted by atomic mass is 10.3. The Balaban J connectivity index is 1.94. The summed E-state index contributed by atoms with van der Waals surface area (Å²) in [7, 11) is 0. The smallest absolute Gasteiger partial charge is 0.343 e. The molecule has 1 heterocycles. The molecule has 0 fully saturated rings. The van der Waals surface area contributed by atoms with Gasteiger partial charge >= 0.3 is 5.97 Å². The summed E-state index contributed by atoms with van der Waals surface area (Å²) in [5.41, 5.74) is 6.35. The Morgan fingerprint density at radius 2 is 2.12 bits per heavy atom. The summed E-state index contributed by atoms with van der Waals surface area (Å²) in [4.78, 5) is 31.5. The molecule has 3 N–H and O–H groups in total. The molecule has 24 heavy (non-hydrogen) atoms. The molecular formula is C15H15ClN4O3S. The number of aromatic nitrogens is 2. The van der Waals surface area contributed by atoms with Gasteiger partial charge in [0, 0.05) is 6.20 Å². The van der Waals surface area contributed by atoms with Gasteiger partial charge in [0.25, 0.3) is 0 Å². The van der Waals surface area contributed by atoms with E-state index in [9.17, 15) is 9.59 Å². The van der Waals surface area contributed by atoms with Crippen LogP contribution in [0.15, 0.2) is 35.6 Å². The third kappa shape index (κ3) is 4.84. The number of nitrogens with one attached hydrogen (secondary N) is 1. The minimum absolute atomic E-state index is 0.0115. The van der Waals surface area contributed by atoms with Gasteiger partial charge in [-0.2, -0.15) is 0 Å². The maximum atomic E-state index is 11.9. The minimum Gasteiger partial charge on any atom is -0.462 e. The third-order valence-electron chi connectivity index (χ3n) is 2.77. The van der Waals surface area contributed by atoms with Crippen LogP contribution in [0.25, 0.3) is 0 Å². The molecular weight excluding hydrogens is 352 g/mol. The Morgan fingerprint density at radius 3 is 2.79 bits per heavy atom. The first-order chi connectivity index (χ1) is 11.5. The van der Waals surface area contributed by atoms with E-state index in [1.54, 1.807) is 31.2 Å². The number of rotatable bonds is 6. The molecule has 0 radical (unpaired) electrons. The number of nitrogens with zero attached hydrogens (tertiary/aromatic N) is 2. The zero-order chi connectivity index (χ0) is 17.5. The number of benzene rings is 1. The van der Waals surface area contributed by atoms with Crippen molar-refractivity contribution >= 4 is 46.7 Å². The van der Waals surface area contributed by atoms with Crippen molar-refractivity contribution in [2.75, 3.05) is 23.4 Å². The fraction of sp³-hybridized carbons (Fsp3) is 0.200. The van der Waals surface area contributed by atoms with Gasteiger partial charge < -0.3 is 15.8 Å². The summed E-state index contributed by atoms with van der Waals surface area (Å²) in [6, 6.07) is 6.93. The van der Waals surface area contributed by atoms with Gasteiger partial charge in [0.15, 0.2) is 5.16 Å². The van der Waals surface area contributed by atoms with Crippen LogP contribution in [-0.4, -0.2) is 34.2 Å². The van der Waals surface area contributed by atoms with Gasteiger partial charge in [0.05, 0.1) is 23.1 Å². The summed E-state index contributed by atoms with van der Waals surface area (Å²) in [5.74, 6) is -0.756. The zero-order valence-electron chi connectivity index (χ0n) is 12.8. The van der Waals surface area contributed by atoms with Gasteiger partial charge in [0.2, 0.25) is 5.91 Å². The number of halogens is 1. The number of hydrogen-bond donors (Lipinski definition) is 2. The molecule has 0 atom stereocenters. The van der Waals surface area contributed by atoms with Crippen molar-refractivity contribution in [3.8, 4) is 0 Å². The van der Waals surface area contributed by atoms with Gasteiger partial charge in [-0.25, -0.2) is 14.8 Å². The van der Waals surface area contributed by atoms with E-state index in [1.165, 1.54) is 6.20 Å². The van der Waals surface area contributed by atoms with Crippen LogP contribution in [0.4, 0.5) is 11.5 Å². The molecule has 126 valence electrons. The Labute approximate surface area is 148 Å². The number of hydrogen-bond acceptors (Lipinski definition) is 7. The van der Waals surface area contributed by atoms with E-state index in [2.05, 4.69) is 15.3 Å². The lowest BCUT2D eigenvalue weighted by molar-refractivity contribution is -0.113. The molecule has 0 spiro atoms. The Kier molecular flexibility index (Phi) is 6.39. The monoisotopic (exact) mass is 366 g/mol. The van der Waals surface area contributed by atoms with Crippen LogP contribution in [0.1, 0.15) is 17.3 Å². The predicted octanol–water partition coefficient (Wildman–Crippen LogP) is 2.62. The Bertz CT molecular complexity index is 757. The number of nitrogens with two attached hydrogens (primary N) is 1. The topological polar surface area (TPSA) is 107 Å². The average Bonchev–Trinajstić information content (AvgIpc) is 2.55. The molecule has 0 aliphatic rings. The second-order valence-electron chi connectivity index (χ2n) is 4.49. The molecule has 0 aliphatic carbocycles. The van der Waals surface area contributed by atoms with Gasteiger partial charge in [-0.3, -0.25) is 4.79 Å². The molecule has 1 amide bonds. The summed E-state index contributed by atoms with van der Waals surface area (Å²) < 4.78 is 4.84. The zero-order valence-corrected chi connectivity index (χ0v) is 14.4. The summed E-state index contributed by atoms with van der Waals surface area (Å²) >= 11 is 7.06. The number of amides is 1. The quantitative estimate of drug-likeness (QED) is 0.459. The number of esters is 1. The molecule has 2 rings (SSSR count). The van der Waals surface area contributed by atoms with Crippen molar-refractivity contribution in [1.29, 1.82) is 0 Å². The summed E-state index contributed by atoms with van der Waals surface area (Å²) in [5, 5.41) is 3.43. The van der Waals surface area contributed by atoms with Crippen molar-refractivity contribution in [3.63, 3.8) is 0 Å². The minimum atomic E-state index is -0.581. The molecule has 0 saturated carbocycles. The molecule has 9 heteroatoms. The van der Waals surface area contributed by atoms with Gasteiger partial charge in [-0.15, -0.1) is 0 Å². The highest BCUT2D eigenvalue weighted by molar-refractivity contribution is 7.99. The highest BCUT2D eigenvalue weighted by atomic mass is 35.5. The van der Waals surface area contributed by atoms with E-state index in [1.807, 2.05) is 0 Å². The lowest BCUT2D eigenvalue weighted by Gasteiger charge is -2.07. The van der Waals surface area contributed by atoms with Crippen LogP contribution in [-0.2, 0) is 9.53 Å². The fourth-order valence-electron chi connectivity index (χ4n) is 1.69. The van der Waals surface area contributed by atoms with E-state index in [0.717, 1.165) is 11.8 Å². The van der Waals surface area contributed by atoms with Gasteiger partial charge in [0.1, 0.15) is 11.4 Å². The number of ether oxygens (including phenoxy) is 1. The van der Waals surface area contributed by atoms with Crippen LogP contribution in [0.2, 0.25) is 5.02 Å². The molecule has 1 aromatic heterocycles. The standard InChI is InChI=1S/C15H15ClN4O3S/c1-2-23-14(22)9-7-18-15(20-13(9)17)24-8-12(21)19-11-6-4-3-5-10(11)16/h3-7H,2,8H2,1H3,(H,19,21)(H2,17,18,20). The fourth-order valence-corrected chi connectivity index (χ4v) is 2.50. The Morgan fingerprint density at radius 1 is 1.38 bits per heavy atom. The number of nitrogen functional groups attached to an aromatic ring is 1. The summed E-state index contributed by atoms with van der Waals surface area (Å²) in [6.07, 6.45) is 1.29. The highest BCUT2D eigenvalue weighted by Crippen LogP contribution is 2.22. The van der Waals surface area contributed by atoms with Gasteiger partial charge in [-0.1, -0.05) is 35.5 Å². The number of anilines is 2. The van der Waals surface area contributed by atoms with Crippen LogP contribution < -0.4 is 11.1 Å². The number of thioether (sulfide) groups is 1. The maximum Gasteiger partial charge on any atom is 0.343 e. The first-order valence-electron chi connectivity index (χ1n) is 6.98. The lowest BCUT2D eigenvalue weighted by Crippen LogP contribution is -2.15. The van der Waals surface area contributed by atoms with Crippen molar-refractivity contribution in [2.24, 2.45) is 0 Å². The number of carbonyl (C=O) groups is 2. The van der Waals surface area contributed by atoms with Crippen LogP contribution >= 0.6 is 23.4 Å². The molecule has 0 unspecified atom stereocenters. The van der Waals surface area contributed by atoms with Crippen LogP contribution in [0, 0.1) is 0 Å². The van der Waals surface area contributed by atoms with Crippen LogP contribution in [0.5, 0.6) is 0 Å². The van der Waals surface area contributed by atoms with Gasteiger partial charge in [-0.05, 0) is 19.1 Å². The number of para-hydroxylation sites is 1. The van der Waals surface area contributed by atoms with Crippen molar-refractivity contribution in [3.05, 3.63) is 41.0 Å². The van der Waals surface area contributed by atoms with E-state index in [4.69, 9.17) is 22.1 Å². The molecule has 1 aromatic carbocycles. The SMILES string of the molecule is CCOC(=O)c1cnc(SCC(=O)Nc2ccccc2Cl)nc1N. The van der Waals surface area contributed by atoms with E-state index >= 15 is 0 Å². The van der Waals surface area contributed by atoms with Crippen LogP contribution in [0.3, 0.4) is 0 Å². The second kappa shape index (κ2) is 8.51. The maximum absolute atomic E-state index is 11.9. The predicted molar refractivity (Wildman–Crippen MR) is 93.2 cm³/mol. The third-order valence-corrected chi connectivity index (χ3v) is 3.96. The molecule has 7 nitrogen and oxygen atoms in total.